The molecule has 0 heterocycles. The predicted molar refractivity (Wildman–Crippen MR) is 185 cm³/mol. The molecule has 0 amide bonds. The summed E-state index contributed by atoms with van der Waals surface area (Å²) >= 11 is 0. The number of ether oxygens (including phenoxy) is 2. The second-order valence-electron chi connectivity index (χ2n) is 10.5. The van der Waals surface area contributed by atoms with E-state index >= 15 is 0 Å². The molecule has 0 saturated carbocycles. The third-order valence-electron chi connectivity index (χ3n) is 7.74. The minimum Gasteiger partial charge on any atom is -0.497 e. The average molecular weight is 637 g/mol. The highest BCUT2D eigenvalue weighted by molar-refractivity contribution is 7.27. The minimum absolute atomic E-state index is 0.222. The Hall–Kier alpha value is -4.50. The van der Waals surface area contributed by atoms with Crippen LogP contribution in [0.3, 0.4) is 0 Å². The lowest BCUT2D eigenvalue weighted by Gasteiger charge is -2.19. The Labute approximate surface area is 267 Å². The van der Waals surface area contributed by atoms with Crippen molar-refractivity contribution in [2.24, 2.45) is 0 Å². The summed E-state index contributed by atoms with van der Waals surface area (Å²) in [5, 5.41) is 4.22. The Morgan fingerprint density at radius 1 is 0.467 bits per heavy atom. The monoisotopic (exact) mass is 636 g/mol. The van der Waals surface area contributed by atoms with E-state index in [-0.39, 0.29) is 18.1 Å². The van der Waals surface area contributed by atoms with Crippen molar-refractivity contribution in [2.75, 3.05) is 14.2 Å². The fourth-order valence-corrected chi connectivity index (χ4v) is 6.54. The van der Waals surface area contributed by atoms with Crippen LogP contribution in [-0.2, 0) is 6.42 Å². The van der Waals surface area contributed by atoms with Crippen molar-refractivity contribution in [3.05, 3.63) is 131 Å². The molecule has 8 heteroatoms. The van der Waals surface area contributed by atoms with Crippen LogP contribution in [0.15, 0.2) is 109 Å². The lowest BCUT2D eigenvalue weighted by molar-refractivity contribution is 0.415. The fraction of sp³-hybridized carbons (Fsp3) is 0.135. The molecular weight excluding hydrogens is 602 g/mol. The summed E-state index contributed by atoms with van der Waals surface area (Å²) in [6.45, 7) is 4.05. The first-order valence-corrected chi connectivity index (χ1v) is 16.1. The molecule has 0 radical (unpaired) electrons. The maximum atomic E-state index is 6.36. The van der Waals surface area contributed by atoms with Crippen molar-refractivity contribution in [1.29, 1.82) is 0 Å². The van der Waals surface area contributed by atoms with Crippen LogP contribution in [0, 0.1) is 13.8 Å². The number of hydrogen-bond acceptors (Lipinski definition) is 6. The minimum atomic E-state index is -0.222. The highest BCUT2D eigenvalue weighted by Gasteiger charge is 2.18. The zero-order chi connectivity index (χ0) is 31.2. The second-order valence-corrected chi connectivity index (χ2v) is 11.7. The molecule has 0 bridgehead atoms. The third kappa shape index (κ3) is 6.93. The molecule has 0 aliphatic rings. The van der Waals surface area contributed by atoms with Crippen LogP contribution < -0.4 is 27.6 Å². The van der Waals surface area contributed by atoms with Crippen molar-refractivity contribution < 1.29 is 27.6 Å². The summed E-state index contributed by atoms with van der Waals surface area (Å²) in [7, 11) is 2.91. The Balaban J connectivity index is 1.39. The van der Waals surface area contributed by atoms with Gasteiger partial charge in [-0.05, 0) is 95.1 Å². The summed E-state index contributed by atoms with van der Waals surface area (Å²) in [6.07, 6.45) is 0.543. The van der Waals surface area contributed by atoms with Crippen LogP contribution in [0.4, 0.5) is 0 Å². The molecule has 0 N–H and O–H groups in total. The molecule has 0 aromatic heterocycles. The van der Waals surface area contributed by atoms with Gasteiger partial charge in [-0.3, -0.25) is 0 Å². The number of methoxy groups -OCH3 is 2. The molecule has 6 rings (SSSR count). The molecule has 2 unspecified atom stereocenters. The van der Waals surface area contributed by atoms with Gasteiger partial charge in [0.1, 0.15) is 34.5 Å². The molecule has 0 saturated heterocycles. The lowest BCUT2D eigenvalue weighted by atomic mass is 9.93. The van der Waals surface area contributed by atoms with E-state index in [0.717, 1.165) is 78.3 Å². The lowest BCUT2D eigenvalue weighted by Crippen LogP contribution is -1.99. The van der Waals surface area contributed by atoms with Crippen LogP contribution in [0.25, 0.3) is 21.5 Å². The van der Waals surface area contributed by atoms with Crippen molar-refractivity contribution in [1.82, 2.24) is 0 Å². The van der Waals surface area contributed by atoms with Gasteiger partial charge >= 0.3 is 0 Å². The van der Waals surface area contributed by atoms with Gasteiger partial charge in [-0.25, -0.2) is 0 Å². The van der Waals surface area contributed by atoms with Crippen molar-refractivity contribution in [3.8, 4) is 34.5 Å². The van der Waals surface area contributed by atoms with Crippen molar-refractivity contribution >= 4 is 39.6 Å². The first kappa shape index (κ1) is 30.5. The van der Waals surface area contributed by atoms with Gasteiger partial charge in [-0.15, -0.1) is 0 Å². The summed E-state index contributed by atoms with van der Waals surface area (Å²) in [5.41, 5.74) is 4.15. The Kier molecular flexibility index (Phi) is 9.55. The van der Waals surface area contributed by atoms with E-state index in [1.165, 1.54) is 0 Å². The predicted octanol–water partition coefficient (Wildman–Crippen LogP) is 10.2. The molecule has 6 nitrogen and oxygen atoms in total. The number of benzene rings is 6. The first-order valence-electron chi connectivity index (χ1n) is 14.5. The highest BCUT2D eigenvalue weighted by atomic mass is 31.1. The smallest absolute Gasteiger partial charge is 0.275 e. The van der Waals surface area contributed by atoms with Gasteiger partial charge in [-0.2, -0.15) is 0 Å². The molecule has 6 aromatic carbocycles. The van der Waals surface area contributed by atoms with E-state index in [4.69, 9.17) is 27.6 Å². The van der Waals surface area contributed by atoms with Crippen LogP contribution in [-0.4, -0.2) is 14.2 Å². The van der Waals surface area contributed by atoms with Gasteiger partial charge in [0.15, 0.2) is 0 Å². The molecule has 45 heavy (non-hydrogen) atoms. The molecular formula is C37H34O6P2. The number of para-hydroxylation sites is 2. The number of fused-ring (bicyclic) bond motifs is 2. The van der Waals surface area contributed by atoms with E-state index in [9.17, 15) is 0 Å². The van der Waals surface area contributed by atoms with Gasteiger partial charge in [0.05, 0.1) is 14.2 Å². The Morgan fingerprint density at radius 3 is 1.31 bits per heavy atom. The molecule has 0 spiro atoms. The Bertz CT molecular complexity index is 1820. The average Bonchev–Trinajstić information content (AvgIpc) is 3.07. The fourth-order valence-electron chi connectivity index (χ4n) is 5.25. The number of rotatable bonds is 12. The highest BCUT2D eigenvalue weighted by Crippen LogP contribution is 2.41. The van der Waals surface area contributed by atoms with Gasteiger partial charge in [0, 0.05) is 17.5 Å². The topological polar surface area (TPSA) is 55.4 Å². The summed E-state index contributed by atoms with van der Waals surface area (Å²) in [6, 6.07) is 36.2. The summed E-state index contributed by atoms with van der Waals surface area (Å²) in [5.74, 6) is 4.68. The molecule has 228 valence electrons. The molecule has 0 fully saturated rings. The van der Waals surface area contributed by atoms with Gasteiger partial charge in [-0.1, -0.05) is 60.7 Å². The van der Waals surface area contributed by atoms with Crippen LogP contribution in [0.1, 0.15) is 22.3 Å². The van der Waals surface area contributed by atoms with E-state index in [0.29, 0.717) is 6.42 Å². The van der Waals surface area contributed by atoms with E-state index in [1.54, 1.807) is 14.2 Å². The van der Waals surface area contributed by atoms with E-state index in [1.807, 2.05) is 98.8 Å². The maximum absolute atomic E-state index is 6.36. The first-order chi connectivity index (χ1) is 22.0. The Morgan fingerprint density at radius 2 is 0.889 bits per heavy atom. The summed E-state index contributed by atoms with van der Waals surface area (Å²) < 4.78 is 35.9. The zero-order valence-electron chi connectivity index (χ0n) is 25.5. The molecule has 0 aliphatic carbocycles. The molecule has 6 aromatic rings. The van der Waals surface area contributed by atoms with Gasteiger partial charge in [0.2, 0.25) is 0 Å². The third-order valence-corrected chi connectivity index (χ3v) is 8.95. The molecule has 0 aliphatic heterocycles. The largest absolute Gasteiger partial charge is 0.497 e. The zero-order valence-corrected chi connectivity index (χ0v) is 27.5. The van der Waals surface area contributed by atoms with Crippen LogP contribution >= 0.6 is 18.1 Å². The quantitative estimate of drug-likeness (QED) is 0.125. The SMILES string of the molecule is COc1ccc2c(Cc3c(OPOc4ccccc4C)ccc4cc(OC)ccc34)c(OPOc3ccccc3C)ccc2c1. The second kappa shape index (κ2) is 14.1. The molecule has 2 atom stereocenters. The van der Waals surface area contributed by atoms with Crippen molar-refractivity contribution in [3.63, 3.8) is 0 Å². The van der Waals surface area contributed by atoms with Gasteiger partial charge in [0.25, 0.3) is 18.1 Å². The van der Waals surface area contributed by atoms with Crippen LogP contribution in [0.5, 0.6) is 34.5 Å². The van der Waals surface area contributed by atoms with Crippen LogP contribution in [0.2, 0.25) is 0 Å². The van der Waals surface area contributed by atoms with Crippen molar-refractivity contribution in [2.45, 2.75) is 20.3 Å². The number of hydrogen-bond donors (Lipinski definition) is 0. The standard InChI is InChI=1S/C37H34O6P2/c1-24-9-5-7-11-34(24)40-44-42-36-19-13-26-21-28(38-3)15-17-30(26)32(36)23-33-31-18-16-29(39-4)22-27(31)14-20-37(33)43-45-41-35-12-8-6-10-25(35)2/h5-22,44-45H,23H2,1-4H3. The van der Waals surface area contributed by atoms with E-state index in [2.05, 4.69) is 24.3 Å². The summed E-state index contributed by atoms with van der Waals surface area (Å²) in [4.78, 5) is 0. The maximum Gasteiger partial charge on any atom is 0.275 e. The van der Waals surface area contributed by atoms with E-state index < -0.39 is 0 Å². The number of aryl methyl sites for hydroxylation is 2. The van der Waals surface area contributed by atoms with Gasteiger partial charge < -0.3 is 27.6 Å². The normalized spacial score (nSPS) is 11.5.